The molecule has 0 spiro atoms. The molecule has 0 aliphatic carbocycles. The first kappa shape index (κ1) is 18.6. The van der Waals surface area contributed by atoms with Gasteiger partial charge in [-0.15, -0.1) is 11.8 Å². The van der Waals surface area contributed by atoms with Crippen molar-refractivity contribution in [3.8, 4) is 0 Å². The number of aliphatic hydroxyl groups is 3. The lowest BCUT2D eigenvalue weighted by Crippen LogP contribution is -2.30. The molecule has 0 saturated carbocycles. The van der Waals surface area contributed by atoms with Gasteiger partial charge in [-0.25, -0.2) is 4.99 Å². The van der Waals surface area contributed by atoms with Crippen LogP contribution in [0.1, 0.15) is 10.8 Å². The SMILES string of the molecule is Nc1ccc(N(CCO)CCO)c(C2SC=CC2=C=NCCO)c1. The van der Waals surface area contributed by atoms with E-state index in [0.717, 1.165) is 16.8 Å². The summed E-state index contributed by atoms with van der Waals surface area (Å²) >= 11 is 1.63. The van der Waals surface area contributed by atoms with Crippen LogP contribution in [0.4, 0.5) is 11.4 Å². The molecule has 1 aromatic rings. The van der Waals surface area contributed by atoms with E-state index in [1.807, 2.05) is 34.6 Å². The van der Waals surface area contributed by atoms with Crippen LogP contribution in [0.5, 0.6) is 0 Å². The molecule has 1 aromatic carbocycles. The molecule has 1 heterocycles. The van der Waals surface area contributed by atoms with Crippen molar-refractivity contribution in [3.63, 3.8) is 0 Å². The topological polar surface area (TPSA) is 102 Å². The van der Waals surface area contributed by atoms with Gasteiger partial charge in [-0.05, 0) is 41.1 Å². The van der Waals surface area contributed by atoms with E-state index in [9.17, 15) is 10.2 Å². The molecular formula is C17H23N3O3S. The van der Waals surface area contributed by atoms with Gasteiger partial charge < -0.3 is 26.0 Å². The average molecular weight is 349 g/mol. The van der Waals surface area contributed by atoms with Gasteiger partial charge in [0.1, 0.15) is 0 Å². The van der Waals surface area contributed by atoms with Crippen molar-refractivity contribution in [1.82, 2.24) is 0 Å². The molecule has 1 aliphatic heterocycles. The van der Waals surface area contributed by atoms with Gasteiger partial charge in [0, 0.05) is 30.0 Å². The van der Waals surface area contributed by atoms with Gasteiger partial charge in [0.25, 0.3) is 0 Å². The molecule has 7 heteroatoms. The molecule has 0 bridgehead atoms. The smallest absolute Gasteiger partial charge is 0.0715 e. The number of nitrogens with zero attached hydrogens (tertiary/aromatic N) is 2. The van der Waals surface area contributed by atoms with Gasteiger partial charge in [-0.1, -0.05) is 0 Å². The summed E-state index contributed by atoms with van der Waals surface area (Å²) in [5.74, 6) is 3.00. The van der Waals surface area contributed by atoms with Gasteiger partial charge in [0.2, 0.25) is 0 Å². The molecule has 5 N–H and O–H groups in total. The average Bonchev–Trinajstić information content (AvgIpc) is 3.03. The summed E-state index contributed by atoms with van der Waals surface area (Å²) < 4.78 is 0. The van der Waals surface area contributed by atoms with Crippen molar-refractivity contribution < 1.29 is 15.3 Å². The van der Waals surface area contributed by atoms with Gasteiger partial charge in [0.15, 0.2) is 0 Å². The second-order valence-corrected chi connectivity index (χ2v) is 6.26. The predicted octanol–water partition coefficient (Wildman–Crippen LogP) is 0.950. The maximum atomic E-state index is 9.31. The Balaban J connectivity index is 2.41. The van der Waals surface area contributed by atoms with Crippen LogP contribution in [0.3, 0.4) is 0 Å². The lowest BCUT2D eigenvalue weighted by Gasteiger charge is -2.28. The Kier molecular flexibility index (Phi) is 7.36. The molecule has 0 saturated heterocycles. The second-order valence-electron chi connectivity index (χ2n) is 5.24. The molecule has 2 rings (SSSR count). The van der Waals surface area contributed by atoms with Crippen LogP contribution in [0, 0.1) is 0 Å². The molecule has 1 atom stereocenters. The fourth-order valence-corrected chi connectivity index (χ4v) is 3.55. The third-order valence-corrected chi connectivity index (χ3v) is 4.65. The Labute approximate surface area is 146 Å². The number of nitrogen functional groups attached to an aromatic ring is 1. The fraction of sp³-hybridized carbons (Fsp3) is 0.412. The number of anilines is 2. The number of hydrogen-bond acceptors (Lipinski definition) is 7. The quantitative estimate of drug-likeness (QED) is 0.412. The van der Waals surface area contributed by atoms with E-state index in [4.69, 9.17) is 10.8 Å². The zero-order valence-electron chi connectivity index (χ0n) is 13.4. The lowest BCUT2D eigenvalue weighted by molar-refractivity contribution is 0.281. The minimum Gasteiger partial charge on any atom is -0.399 e. The molecular weight excluding hydrogens is 326 g/mol. The Bertz CT molecular complexity index is 636. The van der Waals surface area contributed by atoms with Crippen molar-refractivity contribution in [3.05, 3.63) is 40.8 Å². The second kappa shape index (κ2) is 9.52. The normalized spacial score (nSPS) is 16.3. The van der Waals surface area contributed by atoms with Crippen LogP contribution in [-0.4, -0.2) is 60.6 Å². The molecule has 0 radical (unpaired) electrons. The van der Waals surface area contributed by atoms with E-state index in [-0.39, 0.29) is 25.1 Å². The Hall–Kier alpha value is -1.76. The van der Waals surface area contributed by atoms with Crippen LogP contribution in [0.25, 0.3) is 0 Å². The molecule has 0 aromatic heterocycles. The molecule has 6 nitrogen and oxygen atoms in total. The molecule has 0 fully saturated rings. The zero-order chi connectivity index (χ0) is 17.4. The highest BCUT2D eigenvalue weighted by Crippen LogP contribution is 2.45. The van der Waals surface area contributed by atoms with Gasteiger partial charge in [-0.2, -0.15) is 0 Å². The fourth-order valence-electron chi connectivity index (χ4n) is 2.55. The van der Waals surface area contributed by atoms with Gasteiger partial charge in [-0.3, -0.25) is 0 Å². The summed E-state index contributed by atoms with van der Waals surface area (Å²) in [5, 5.41) is 29.5. The predicted molar refractivity (Wildman–Crippen MR) is 99.6 cm³/mol. The largest absolute Gasteiger partial charge is 0.399 e. The van der Waals surface area contributed by atoms with E-state index in [2.05, 4.69) is 10.9 Å². The van der Waals surface area contributed by atoms with Crippen LogP contribution >= 0.6 is 11.8 Å². The standard InChI is InChI=1S/C17H23N3O3S/c18-14-1-2-16(20(5-8-22)6-9-23)15(11-14)17-13(3-10-24-17)12-19-4-7-21/h1-3,10-11,17,21-23H,4-9,18H2. The van der Waals surface area contributed by atoms with Crippen molar-refractivity contribution in [1.29, 1.82) is 0 Å². The van der Waals surface area contributed by atoms with Crippen molar-refractivity contribution in [2.45, 2.75) is 5.25 Å². The summed E-state index contributed by atoms with van der Waals surface area (Å²) in [6.07, 6.45) is 1.95. The highest BCUT2D eigenvalue weighted by Gasteiger charge is 2.24. The summed E-state index contributed by atoms with van der Waals surface area (Å²) in [6, 6.07) is 5.64. The van der Waals surface area contributed by atoms with E-state index >= 15 is 0 Å². The first-order chi connectivity index (χ1) is 11.7. The van der Waals surface area contributed by atoms with E-state index in [1.165, 1.54) is 0 Å². The maximum absolute atomic E-state index is 9.31. The van der Waals surface area contributed by atoms with Crippen molar-refractivity contribution in [2.75, 3.05) is 50.1 Å². The Morgan fingerprint density at radius 2 is 1.92 bits per heavy atom. The number of nitrogens with two attached hydrogens (primary N) is 1. The maximum Gasteiger partial charge on any atom is 0.0715 e. The monoisotopic (exact) mass is 349 g/mol. The van der Waals surface area contributed by atoms with E-state index in [1.54, 1.807) is 11.8 Å². The van der Waals surface area contributed by atoms with Crippen LogP contribution < -0.4 is 10.6 Å². The van der Waals surface area contributed by atoms with E-state index in [0.29, 0.717) is 25.3 Å². The third-order valence-electron chi connectivity index (χ3n) is 3.58. The first-order valence-corrected chi connectivity index (χ1v) is 8.73. The van der Waals surface area contributed by atoms with Gasteiger partial charge in [0.05, 0.1) is 31.6 Å². The van der Waals surface area contributed by atoms with Gasteiger partial charge >= 0.3 is 0 Å². The summed E-state index contributed by atoms with van der Waals surface area (Å²) in [6.45, 7) is 1.17. The van der Waals surface area contributed by atoms with Crippen LogP contribution in [0.15, 0.2) is 40.2 Å². The molecule has 130 valence electrons. The number of hydrogen-bond donors (Lipinski definition) is 4. The van der Waals surface area contributed by atoms with Crippen LogP contribution in [0.2, 0.25) is 0 Å². The van der Waals surface area contributed by atoms with Crippen LogP contribution in [-0.2, 0) is 0 Å². The Morgan fingerprint density at radius 3 is 2.58 bits per heavy atom. The zero-order valence-corrected chi connectivity index (χ0v) is 14.2. The summed E-state index contributed by atoms with van der Waals surface area (Å²) in [5.41, 5.74) is 9.46. The van der Waals surface area contributed by atoms with E-state index < -0.39 is 0 Å². The lowest BCUT2D eigenvalue weighted by atomic mass is 10.0. The molecule has 0 amide bonds. The highest BCUT2D eigenvalue weighted by molar-refractivity contribution is 8.02. The number of allylic oxidation sites excluding steroid dienone is 1. The minimum absolute atomic E-state index is 0.000527. The molecule has 1 aliphatic rings. The highest BCUT2D eigenvalue weighted by atomic mass is 32.2. The number of thioether (sulfide) groups is 1. The van der Waals surface area contributed by atoms with Crippen molar-refractivity contribution in [2.24, 2.45) is 4.99 Å². The molecule has 24 heavy (non-hydrogen) atoms. The number of aliphatic imine (C=N–C) groups is 1. The number of rotatable bonds is 8. The summed E-state index contributed by atoms with van der Waals surface area (Å²) in [4.78, 5) is 6.03. The first-order valence-electron chi connectivity index (χ1n) is 7.79. The molecule has 1 unspecified atom stereocenters. The van der Waals surface area contributed by atoms with Crippen molar-refractivity contribution >= 4 is 29.0 Å². The number of aliphatic hydroxyl groups excluding tert-OH is 3. The minimum atomic E-state index is -0.00849. The third kappa shape index (κ3) is 4.63. The Morgan fingerprint density at radius 1 is 1.17 bits per heavy atom. The summed E-state index contributed by atoms with van der Waals surface area (Å²) in [7, 11) is 0. The number of benzene rings is 1.